The van der Waals surface area contributed by atoms with E-state index in [4.69, 9.17) is 0 Å². The van der Waals surface area contributed by atoms with E-state index in [1.807, 2.05) is 0 Å². The summed E-state index contributed by atoms with van der Waals surface area (Å²) < 4.78 is 31.5. The number of methoxy groups -OCH3 is 1. The summed E-state index contributed by atoms with van der Waals surface area (Å²) in [6, 6.07) is 10.2. The molecule has 2 nitrogen and oxygen atoms in total. The van der Waals surface area contributed by atoms with Crippen LogP contribution in [0.25, 0.3) is 11.1 Å². The molecule has 0 saturated carbocycles. The number of hydrogen-bond donors (Lipinski definition) is 0. The van der Waals surface area contributed by atoms with Gasteiger partial charge in [0.05, 0.1) is 12.7 Å². The first-order valence-corrected chi connectivity index (χ1v) is 5.27. The molecular formula is C14H10F2O2. The van der Waals surface area contributed by atoms with Crippen molar-refractivity contribution in [2.75, 3.05) is 7.11 Å². The predicted molar refractivity (Wildman–Crippen MR) is 63.1 cm³/mol. The lowest BCUT2D eigenvalue weighted by molar-refractivity contribution is 0.0601. The maximum Gasteiger partial charge on any atom is 0.338 e. The van der Waals surface area contributed by atoms with Gasteiger partial charge >= 0.3 is 5.97 Å². The first kappa shape index (κ1) is 12.2. The summed E-state index contributed by atoms with van der Waals surface area (Å²) in [5.41, 5.74) is 0.543. The van der Waals surface area contributed by atoms with Crippen molar-refractivity contribution < 1.29 is 18.3 Å². The van der Waals surface area contributed by atoms with E-state index in [0.29, 0.717) is 5.56 Å². The quantitative estimate of drug-likeness (QED) is 0.761. The molecule has 0 fully saturated rings. The molecule has 0 saturated heterocycles. The maximum atomic E-state index is 13.7. The fourth-order valence-corrected chi connectivity index (χ4v) is 1.72. The predicted octanol–water partition coefficient (Wildman–Crippen LogP) is 3.42. The summed E-state index contributed by atoms with van der Waals surface area (Å²) in [5.74, 6) is -2.52. The summed E-state index contributed by atoms with van der Waals surface area (Å²) in [5, 5.41) is 0. The zero-order valence-electron chi connectivity index (χ0n) is 9.61. The Morgan fingerprint density at radius 2 is 1.67 bits per heavy atom. The zero-order valence-corrected chi connectivity index (χ0v) is 9.61. The second-order valence-corrected chi connectivity index (χ2v) is 3.64. The van der Waals surface area contributed by atoms with Crippen molar-refractivity contribution in [2.45, 2.75) is 0 Å². The molecule has 0 bridgehead atoms. The van der Waals surface area contributed by atoms with Crippen LogP contribution in [0.3, 0.4) is 0 Å². The molecule has 2 aromatic rings. The van der Waals surface area contributed by atoms with Crippen LogP contribution in [0.15, 0.2) is 42.5 Å². The number of carbonyl (C=O) groups is 1. The van der Waals surface area contributed by atoms with Gasteiger partial charge in [-0.05, 0) is 17.7 Å². The molecule has 2 aromatic carbocycles. The van der Waals surface area contributed by atoms with Crippen molar-refractivity contribution >= 4 is 5.97 Å². The molecule has 18 heavy (non-hydrogen) atoms. The van der Waals surface area contributed by atoms with Gasteiger partial charge in [0.2, 0.25) is 0 Å². The van der Waals surface area contributed by atoms with E-state index < -0.39 is 17.6 Å². The van der Waals surface area contributed by atoms with Crippen LogP contribution in [0.4, 0.5) is 8.78 Å². The van der Waals surface area contributed by atoms with Gasteiger partial charge in [0.25, 0.3) is 0 Å². The molecule has 0 aliphatic heterocycles. The minimum Gasteiger partial charge on any atom is -0.465 e. The van der Waals surface area contributed by atoms with E-state index >= 15 is 0 Å². The van der Waals surface area contributed by atoms with Crippen LogP contribution in [-0.4, -0.2) is 13.1 Å². The Hall–Kier alpha value is -2.23. The minimum atomic E-state index is -0.978. The molecule has 4 heteroatoms. The standard InChI is InChI=1S/C14H10F2O2/c1-18-14(17)11-6-3-2-5-9(11)10-7-4-8-12(15)13(10)16/h2-8H,1H3. The lowest BCUT2D eigenvalue weighted by Gasteiger charge is -2.09. The summed E-state index contributed by atoms with van der Waals surface area (Å²) in [4.78, 5) is 11.6. The number of ether oxygens (including phenoxy) is 1. The lowest BCUT2D eigenvalue weighted by atomic mass is 9.99. The van der Waals surface area contributed by atoms with Crippen LogP contribution in [0, 0.1) is 11.6 Å². The van der Waals surface area contributed by atoms with E-state index in [0.717, 1.165) is 6.07 Å². The average Bonchev–Trinajstić information content (AvgIpc) is 2.41. The molecule has 2 rings (SSSR count). The average molecular weight is 248 g/mol. The van der Waals surface area contributed by atoms with Gasteiger partial charge in [-0.1, -0.05) is 30.3 Å². The molecule has 0 unspecified atom stereocenters. The Morgan fingerprint density at radius 3 is 2.39 bits per heavy atom. The Bertz CT molecular complexity index is 594. The van der Waals surface area contributed by atoms with Crippen molar-refractivity contribution in [1.82, 2.24) is 0 Å². The first-order chi connectivity index (χ1) is 8.65. The van der Waals surface area contributed by atoms with Gasteiger partial charge in [0.1, 0.15) is 0 Å². The van der Waals surface area contributed by atoms with Gasteiger partial charge in [-0.2, -0.15) is 0 Å². The number of carbonyl (C=O) groups excluding carboxylic acids is 1. The third kappa shape index (κ3) is 2.09. The Balaban J connectivity index is 2.64. The smallest absolute Gasteiger partial charge is 0.338 e. The number of rotatable bonds is 2. The topological polar surface area (TPSA) is 26.3 Å². The van der Waals surface area contributed by atoms with Crippen LogP contribution < -0.4 is 0 Å². The van der Waals surface area contributed by atoms with Gasteiger partial charge in [-0.3, -0.25) is 0 Å². The van der Waals surface area contributed by atoms with Crippen molar-refractivity contribution in [3.63, 3.8) is 0 Å². The number of halogens is 2. The fourth-order valence-electron chi connectivity index (χ4n) is 1.72. The molecule has 0 spiro atoms. The largest absolute Gasteiger partial charge is 0.465 e. The summed E-state index contributed by atoms with van der Waals surface area (Å²) >= 11 is 0. The number of benzene rings is 2. The summed E-state index contributed by atoms with van der Waals surface area (Å²) in [6.07, 6.45) is 0. The van der Waals surface area contributed by atoms with Crippen molar-refractivity contribution in [1.29, 1.82) is 0 Å². The molecule has 92 valence electrons. The Morgan fingerprint density at radius 1 is 1.00 bits per heavy atom. The molecule has 0 atom stereocenters. The van der Waals surface area contributed by atoms with E-state index in [1.54, 1.807) is 18.2 Å². The van der Waals surface area contributed by atoms with Gasteiger partial charge in [0.15, 0.2) is 11.6 Å². The first-order valence-electron chi connectivity index (χ1n) is 5.27. The highest BCUT2D eigenvalue weighted by molar-refractivity contribution is 5.97. The summed E-state index contributed by atoms with van der Waals surface area (Å²) in [6.45, 7) is 0. The molecule has 0 N–H and O–H groups in total. The van der Waals surface area contributed by atoms with E-state index in [2.05, 4.69) is 4.74 Å². The molecule has 0 aliphatic rings. The van der Waals surface area contributed by atoms with Crippen molar-refractivity contribution in [3.8, 4) is 11.1 Å². The molecule has 0 heterocycles. The third-order valence-corrected chi connectivity index (χ3v) is 2.57. The summed E-state index contributed by atoms with van der Waals surface area (Å²) in [7, 11) is 1.24. The molecule has 0 radical (unpaired) electrons. The third-order valence-electron chi connectivity index (χ3n) is 2.57. The van der Waals surface area contributed by atoms with E-state index in [1.165, 1.54) is 25.3 Å². The SMILES string of the molecule is COC(=O)c1ccccc1-c1cccc(F)c1F. The van der Waals surface area contributed by atoms with E-state index in [9.17, 15) is 13.6 Å². The van der Waals surface area contributed by atoms with Gasteiger partial charge in [-0.15, -0.1) is 0 Å². The van der Waals surface area contributed by atoms with Crippen LogP contribution in [0.1, 0.15) is 10.4 Å². The Labute approximate surface area is 103 Å². The normalized spacial score (nSPS) is 10.2. The lowest BCUT2D eigenvalue weighted by Crippen LogP contribution is -2.04. The van der Waals surface area contributed by atoms with Crippen molar-refractivity contribution in [3.05, 3.63) is 59.7 Å². The molecule has 0 amide bonds. The number of esters is 1. The highest BCUT2D eigenvalue weighted by Crippen LogP contribution is 2.27. The Kier molecular flexibility index (Phi) is 3.37. The minimum absolute atomic E-state index is 0.0380. The van der Waals surface area contributed by atoms with E-state index in [-0.39, 0.29) is 11.1 Å². The molecule has 0 aliphatic carbocycles. The zero-order chi connectivity index (χ0) is 13.1. The van der Waals surface area contributed by atoms with Gasteiger partial charge < -0.3 is 4.74 Å². The maximum absolute atomic E-state index is 13.7. The van der Waals surface area contributed by atoms with Crippen LogP contribution in [0.2, 0.25) is 0 Å². The van der Waals surface area contributed by atoms with Crippen LogP contribution in [-0.2, 0) is 4.74 Å². The van der Waals surface area contributed by atoms with Crippen LogP contribution in [0.5, 0.6) is 0 Å². The van der Waals surface area contributed by atoms with Gasteiger partial charge in [0, 0.05) is 5.56 Å². The molecular weight excluding hydrogens is 238 g/mol. The second-order valence-electron chi connectivity index (χ2n) is 3.64. The monoisotopic (exact) mass is 248 g/mol. The van der Waals surface area contributed by atoms with Gasteiger partial charge in [-0.25, -0.2) is 13.6 Å². The van der Waals surface area contributed by atoms with Crippen LogP contribution >= 0.6 is 0 Å². The fraction of sp³-hybridized carbons (Fsp3) is 0.0714. The highest BCUT2D eigenvalue weighted by atomic mass is 19.2. The number of hydrogen-bond acceptors (Lipinski definition) is 2. The van der Waals surface area contributed by atoms with Crippen molar-refractivity contribution in [2.24, 2.45) is 0 Å². The highest BCUT2D eigenvalue weighted by Gasteiger charge is 2.16. The second kappa shape index (κ2) is 4.96. The molecule has 0 aromatic heterocycles.